The lowest BCUT2D eigenvalue weighted by atomic mass is 10.1. The third-order valence-electron chi connectivity index (χ3n) is 6.69. The van der Waals surface area contributed by atoms with Crippen LogP contribution in [0.15, 0.2) is 88.6 Å². The van der Waals surface area contributed by atoms with Gasteiger partial charge in [0.15, 0.2) is 0 Å². The fourth-order valence-corrected chi connectivity index (χ4v) is 4.78. The van der Waals surface area contributed by atoms with Crippen LogP contribution < -0.4 is 26.0 Å². The van der Waals surface area contributed by atoms with Crippen molar-refractivity contribution in [2.75, 3.05) is 18.5 Å². The summed E-state index contributed by atoms with van der Waals surface area (Å²) in [5.41, 5.74) is 2.60. The normalized spacial score (nSPS) is 11.0. The van der Waals surface area contributed by atoms with E-state index in [1.807, 2.05) is 54.8 Å². The molecule has 1 amide bonds. The van der Waals surface area contributed by atoms with Gasteiger partial charge in [0.2, 0.25) is 0 Å². The van der Waals surface area contributed by atoms with Gasteiger partial charge in [-0.2, -0.15) is 0 Å². The molecule has 204 valence electrons. The third kappa shape index (κ3) is 4.66. The van der Waals surface area contributed by atoms with E-state index in [4.69, 9.17) is 9.47 Å². The topological polar surface area (TPSA) is 96.5 Å². The first-order valence-corrected chi connectivity index (χ1v) is 13.0. The number of aryl methyl sites for hydroxylation is 1. The van der Waals surface area contributed by atoms with Gasteiger partial charge in [-0.05, 0) is 31.5 Å². The number of ether oxygens (including phenoxy) is 2. The van der Waals surface area contributed by atoms with Gasteiger partial charge >= 0.3 is 5.69 Å². The highest BCUT2D eigenvalue weighted by Crippen LogP contribution is 2.40. The lowest BCUT2D eigenvalue weighted by Gasteiger charge is -2.19. The van der Waals surface area contributed by atoms with E-state index in [0.29, 0.717) is 58.2 Å². The van der Waals surface area contributed by atoms with E-state index in [-0.39, 0.29) is 5.91 Å². The Morgan fingerprint density at radius 3 is 2.10 bits per heavy atom. The summed E-state index contributed by atoms with van der Waals surface area (Å²) in [6.07, 6.45) is 1.76. The van der Waals surface area contributed by atoms with E-state index in [1.165, 1.54) is 11.6 Å². The van der Waals surface area contributed by atoms with Crippen LogP contribution in [0, 0.1) is 0 Å². The van der Waals surface area contributed by atoms with Gasteiger partial charge in [0.05, 0.1) is 41.2 Å². The van der Waals surface area contributed by atoms with Gasteiger partial charge in [-0.3, -0.25) is 18.7 Å². The van der Waals surface area contributed by atoms with Crippen LogP contribution in [0.4, 0.5) is 5.69 Å². The number of nitrogens with zero attached hydrogens (tertiary/aromatic N) is 3. The molecule has 5 aromatic rings. The largest absolute Gasteiger partial charge is 0.492 e. The van der Waals surface area contributed by atoms with Crippen molar-refractivity contribution in [2.45, 2.75) is 13.8 Å². The molecule has 1 N–H and O–H groups in total. The van der Waals surface area contributed by atoms with E-state index in [9.17, 15) is 14.4 Å². The molecule has 2 heterocycles. The molecule has 0 unspecified atom stereocenters. The number of benzene rings is 3. The Hall–Kier alpha value is -5.05. The molecule has 40 heavy (non-hydrogen) atoms. The predicted octanol–water partition coefficient (Wildman–Crippen LogP) is 4.74. The standard InChI is InChI=1S/C31H30N4O5/c1-5-39-25-18-23(26(40-6-2)17-22(25)32-29(36)21-15-11-8-12-16-21)35-19-24-27(28(35)20-13-9-7-10-14-20)30(37)34(4)31(38)33(24)3/h7-19H,5-6H2,1-4H3,(H,32,36). The SMILES string of the molecule is CCOc1cc(-n2cc3c(c2-c2ccccc2)c(=O)n(C)c(=O)n3C)c(OCC)cc1NC(=O)c1ccccc1. The van der Waals surface area contributed by atoms with E-state index in [2.05, 4.69) is 5.32 Å². The van der Waals surface area contributed by atoms with Gasteiger partial charge in [0.25, 0.3) is 11.5 Å². The molecule has 9 nitrogen and oxygen atoms in total. The fraction of sp³-hybridized carbons (Fsp3) is 0.194. The number of fused-ring (bicyclic) bond motifs is 1. The second-order valence-electron chi connectivity index (χ2n) is 9.18. The van der Waals surface area contributed by atoms with Crippen molar-refractivity contribution in [1.29, 1.82) is 0 Å². The Morgan fingerprint density at radius 1 is 0.825 bits per heavy atom. The molecule has 0 aliphatic heterocycles. The first kappa shape index (κ1) is 26.6. The lowest BCUT2D eigenvalue weighted by Crippen LogP contribution is -2.36. The van der Waals surface area contributed by atoms with Crippen LogP contribution in [0.25, 0.3) is 27.8 Å². The Bertz CT molecular complexity index is 1820. The molecule has 2 aromatic heterocycles. The summed E-state index contributed by atoms with van der Waals surface area (Å²) >= 11 is 0. The van der Waals surface area contributed by atoms with E-state index in [1.54, 1.807) is 49.6 Å². The van der Waals surface area contributed by atoms with E-state index in [0.717, 1.165) is 10.1 Å². The molecular weight excluding hydrogens is 508 g/mol. The molecule has 0 aliphatic carbocycles. The number of carbonyl (C=O) groups excluding carboxylic acids is 1. The number of nitrogens with one attached hydrogen (secondary N) is 1. The zero-order chi connectivity index (χ0) is 28.4. The van der Waals surface area contributed by atoms with Crippen molar-refractivity contribution in [1.82, 2.24) is 13.7 Å². The molecule has 0 radical (unpaired) electrons. The molecule has 5 rings (SSSR count). The van der Waals surface area contributed by atoms with Gasteiger partial charge in [-0.1, -0.05) is 48.5 Å². The molecule has 0 spiro atoms. The van der Waals surface area contributed by atoms with Crippen LogP contribution in [0.2, 0.25) is 0 Å². The van der Waals surface area contributed by atoms with Crippen molar-refractivity contribution >= 4 is 22.5 Å². The van der Waals surface area contributed by atoms with Crippen molar-refractivity contribution in [2.24, 2.45) is 14.1 Å². The van der Waals surface area contributed by atoms with Crippen molar-refractivity contribution in [3.05, 3.63) is 105 Å². The van der Waals surface area contributed by atoms with Crippen LogP contribution in [0.3, 0.4) is 0 Å². The van der Waals surface area contributed by atoms with Crippen LogP contribution in [0.5, 0.6) is 11.5 Å². The first-order valence-electron chi connectivity index (χ1n) is 13.0. The summed E-state index contributed by atoms with van der Waals surface area (Å²) in [7, 11) is 3.11. The highest BCUT2D eigenvalue weighted by Gasteiger charge is 2.24. The summed E-state index contributed by atoms with van der Waals surface area (Å²) < 4.78 is 16.4. The van der Waals surface area contributed by atoms with E-state index < -0.39 is 11.2 Å². The maximum absolute atomic E-state index is 13.5. The molecule has 0 aliphatic rings. The van der Waals surface area contributed by atoms with Gasteiger partial charge in [0, 0.05) is 38.0 Å². The van der Waals surface area contributed by atoms with E-state index >= 15 is 0 Å². The minimum Gasteiger partial charge on any atom is -0.492 e. The van der Waals surface area contributed by atoms with Gasteiger partial charge in [0.1, 0.15) is 11.5 Å². The maximum Gasteiger partial charge on any atom is 0.330 e. The van der Waals surface area contributed by atoms with Crippen LogP contribution in [0.1, 0.15) is 24.2 Å². The number of rotatable bonds is 8. The highest BCUT2D eigenvalue weighted by atomic mass is 16.5. The zero-order valence-electron chi connectivity index (χ0n) is 22.8. The fourth-order valence-electron chi connectivity index (χ4n) is 4.78. The molecule has 0 bridgehead atoms. The van der Waals surface area contributed by atoms with Gasteiger partial charge in [-0.15, -0.1) is 0 Å². The first-order chi connectivity index (χ1) is 19.3. The molecule has 0 saturated heterocycles. The number of carbonyl (C=O) groups is 1. The Balaban J connectivity index is 1.79. The zero-order valence-corrected chi connectivity index (χ0v) is 22.8. The monoisotopic (exact) mass is 538 g/mol. The highest BCUT2D eigenvalue weighted by molar-refractivity contribution is 6.05. The molecule has 0 atom stereocenters. The van der Waals surface area contributed by atoms with Crippen molar-refractivity contribution in [3.8, 4) is 28.4 Å². The molecule has 9 heteroatoms. The number of anilines is 1. The lowest BCUT2D eigenvalue weighted by molar-refractivity contribution is 0.102. The third-order valence-corrected chi connectivity index (χ3v) is 6.69. The van der Waals surface area contributed by atoms with Gasteiger partial charge < -0.3 is 19.4 Å². The summed E-state index contributed by atoms with van der Waals surface area (Å²) in [5, 5.41) is 3.34. The summed E-state index contributed by atoms with van der Waals surface area (Å²) in [6.45, 7) is 4.44. The maximum atomic E-state index is 13.5. The summed E-state index contributed by atoms with van der Waals surface area (Å²) in [5.74, 6) is 0.615. The Labute approximate surface area is 230 Å². The Kier molecular flexibility index (Phi) is 7.29. The van der Waals surface area contributed by atoms with Gasteiger partial charge in [-0.25, -0.2) is 4.79 Å². The Morgan fingerprint density at radius 2 is 1.45 bits per heavy atom. The molecule has 0 fully saturated rings. The predicted molar refractivity (Wildman–Crippen MR) is 156 cm³/mol. The number of aromatic nitrogens is 3. The van der Waals surface area contributed by atoms with Crippen molar-refractivity contribution < 1.29 is 14.3 Å². The average molecular weight is 539 g/mol. The second-order valence-corrected chi connectivity index (χ2v) is 9.18. The molecule has 3 aromatic carbocycles. The molecular formula is C31H30N4O5. The average Bonchev–Trinajstić information content (AvgIpc) is 3.38. The van der Waals surface area contributed by atoms with Crippen LogP contribution in [-0.2, 0) is 14.1 Å². The molecule has 0 saturated carbocycles. The summed E-state index contributed by atoms with van der Waals surface area (Å²) in [4.78, 5) is 39.3. The second kappa shape index (κ2) is 11.0. The van der Waals surface area contributed by atoms with Crippen LogP contribution in [-0.4, -0.2) is 32.8 Å². The van der Waals surface area contributed by atoms with Crippen LogP contribution >= 0.6 is 0 Å². The summed E-state index contributed by atoms with van der Waals surface area (Å²) in [6, 6.07) is 21.9. The number of hydrogen-bond donors (Lipinski definition) is 1. The number of amides is 1. The van der Waals surface area contributed by atoms with Crippen molar-refractivity contribution in [3.63, 3.8) is 0 Å². The smallest absolute Gasteiger partial charge is 0.330 e. The number of hydrogen-bond acceptors (Lipinski definition) is 5. The quantitative estimate of drug-likeness (QED) is 0.308. The minimum atomic E-state index is -0.423. The minimum absolute atomic E-state index is 0.285.